The van der Waals surface area contributed by atoms with E-state index in [2.05, 4.69) is 10.6 Å². The molecule has 0 heterocycles. The Morgan fingerprint density at radius 2 is 1.54 bits per heavy atom. The maximum atomic E-state index is 13.6. The van der Waals surface area contributed by atoms with Crippen molar-refractivity contribution in [2.75, 3.05) is 17.2 Å². The van der Waals surface area contributed by atoms with Crippen LogP contribution in [0.25, 0.3) is 0 Å². The van der Waals surface area contributed by atoms with Gasteiger partial charge in [0.05, 0.1) is 17.7 Å². The summed E-state index contributed by atoms with van der Waals surface area (Å²) >= 11 is 0. The van der Waals surface area contributed by atoms with E-state index in [4.69, 9.17) is 10.5 Å². The molecule has 0 unspecified atom stereocenters. The number of amides is 3. The number of ether oxygens (including phenoxy) is 1. The number of rotatable bonds is 8. The SMILES string of the molecule is NC(=O)Cc1ccc(OCC(=O)Nc2ccc(NC(=O)c3ccc(F)cc3)cc2C(F)(F)F)cc1. The van der Waals surface area contributed by atoms with Gasteiger partial charge in [0.1, 0.15) is 11.6 Å². The van der Waals surface area contributed by atoms with E-state index < -0.39 is 47.6 Å². The Hall–Kier alpha value is -4.41. The van der Waals surface area contributed by atoms with Crippen LogP contribution in [0.1, 0.15) is 21.5 Å². The average Bonchev–Trinajstić information content (AvgIpc) is 2.79. The van der Waals surface area contributed by atoms with Crippen molar-refractivity contribution in [3.63, 3.8) is 0 Å². The molecular weight excluding hydrogens is 470 g/mol. The number of nitrogens with two attached hydrogens (primary N) is 1. The molecule has 3 amide bonds. The van der Waals surface area contributed by atoms with Crippen LogP contribution < -0.4 is 21.1 Å². The Labute approximate surface area is 196 Å². The monoisotopic (exact) mass is 489 g/mol. The van der Waals surface area contributed by atoms with E-state index >= 15 is 0 Å². The minimum atomic E-state index is -4.84. The van der Waals surface area contributed by atoms with Crippen molar-refractivity contribution >= 4 is 29.1 Å². The van der Waals surface area contributed by atoms with Crippen molar-refractivity contribution < 1.29 is 36.7 Å². The van der Waals surface area contributed by atoms with Crippen molar-refractivity contribution in [1.82, 2.24) is 0 Å². The molecule has 7 nitrogen and oxygen atoms in total. The van der Waals surface area contributed by atoms with Crippen LogP contribution in [-0.4, -0.2) is 24.3 Å². The van der Waals surface area contributed by atoms with Gasteiger partial charge in [0.2, 0.25) is 5.91 Å². The van der Waals surface area contributed by atoms with Crippen molar-refractivity contribution in [1.29, 1.82) is 0 Å². The first-order valence-electron chi connectivity index (χ1n) is 10.1. The molecule has 0 spiro atoms. The third-order valence-corrected chi connectivity index (χ3v) is 4.63. The molecule has 0 radical (unpaired) electrons. The second-order valence-electron chi connectivity index (χ2n) is 7.34. The summed E-state index contributed by atoms with van der Waals surface area (Å²) in [5.74, 6) is -2.39. The first-order valence-corrected chi connectivity index (χ1v) is 10.1. The lowest BCUT2D eigenvalue weighted by molar-refractivity contribution is -0.137. The predicted octanol–water partition coefficient (Wildman–Crippen LogP) is 4.14. The molecule has 0 fully saturated rings. The van der Waals surface area contributed by atoms with E-state index in [9.17, 15) is 31.9 Å². The highest BCUT2D eigenvalue weighted by Crippen LogP contribution is 2.36. The number of anilines is 2. The summed E-state index contributed by atoms with van der Waals surface area (Å²) in [5, 5.41) is 4.45. The molecule has 3 rings (SSSR count). The van der Waals surface area contributed by atoms with Crippen molar-refractivity contribution in [2.45, 2.75) is 12.6 Å². The molecule has 0 aromatic heterocycles. The first-order chi connectivity index (χ1) is 16.5. The maximum absolute atomic E-state index is 13.6. The Bertz CT molecular complexity index is 1230. The highest BCUT2D eigenvalue weighted by molar-refractivity contribution is 6.04. The zero-order valence-corrected chi connectivity index (χ0v) is 18.0. The topological polar surface area (TPSA) is 111 Å². The highest BCUT2D eigenvalue weighted by Gasteiger charge is 2.34. The Kier molecular flexibility index (Phi) is 7.69. The van der Waals surface area contributed by atoms with Gasteiger partial charge in [-0.1, -0.05) is 12.1 Å². The van der Waals surface area contributed by atoms with Crippen LogP contribution in [0.4, 0.5) is 28.9 Å². The summed E-state index contributed by atoms with van der Waals surface area (Å²) in [7, 11) is 0. The molecule has 0 aliphatic carbocycles. The number of benzene rings is 3. The zero-order valence-electron chi connectivity index (χ0n) is 18.0. The van der Waals surface area contributed by atoms with Gasteiger partial charge in [-0.05, 0) is 60.2 Å². The molecule has 0 saturated carbocycles. The van der Waals surface area contributed by atoms with Crippen LogP contribution in [0.2, 0.25) is 0 Å². The Morgan fingerprint density at radius 3 is 2.14 bits per heavy atom. The molecule has 0 saturated heterocycles. The number of carbonyl (C=O) groups is 3. The smallest absolute Gasteiger partial charge is 0.418 e. The van der Waals surface area contributed by atoms with E-state index in [1.54, 1.807) is 12.1 Å². The molecule has 4 N–H and O–H groups in total. The quantitative estimate of drug-likeness (QED) is 0.413. The van der Waals surface area contributed by atoms with Gasteiger partial charge in [-0.25, -0.2) is 4.39 Å². The lowest BCUT2D eigenvalue weighted by Crippen LogP contribution is -2.22. The highest BCUT2D eigenvalue weighted by atomic mass is 19.4. The normalized spacial score (nSPS) is 11.0. The third-order valence-electron chi connectivity index (χ3n) is 4.63. The summed E-state index contributed by atoms with van der Waals surface area (Å²) in [6.45, 7) is -0.574. The van der Waals surface area contributed by atoms with Crippen LogP contribution >= 0.6 is 0 Å². The van der Waals surface area contributed by atoms with Crippen LogP contribution in [0, 0.1) is 5.82 Å². The van der Waals surface area contributed by atoms with Gasteiger partial charge in [0, 0.05) is 11.3 Å². The van der Waals surface area contributed by atoms with Crippen molar-refractivity contribution in [3.05, 3.63) is 89.2 Å². The van der Waals surface area contributed by atoms with Gasteiger partial charge < -0.3 is 21.1 Å². The molecular formula is C24H19F4N3O4. The Balaban J connectivity index is 1.67. The summed E-state index contributed by atoms with van der Waals surface area (Å²) in [4.78, 5) is 35.3. The van der Waals surface area contributed by atoms with E-state index in [1.807, 2.05) is 0 Å². The number of carbonyl (C=O) groups excluding carboxylic acids is 3. The summed E-state index contributed by atoms with van der Waals surface area (Å²) in [6.07, 6.45) is -4.81. The summed E-state index contributed by atoms with van der Waals surface area (Å²) in [6, 6.07) is 13.5. The lowest BCUT2D eigenvalue weighted by atomic mass is 10.1. The minimum absolute atomic E-state index is 0.0291. The van der Waals surface area contributed by atoms with E-state index in [-0.39, 0.29) is 23.4 Å². The second kappa shape index (κ2) is 10.7. The molecule has 35 heavy (non-hydrogen) atoms. The summed E-state index contributed by atoms with van der Waals surface area (Å²) in [5.41, 5.74) is 3.92. The largest absolute Gasteiger partial charge is 0.484 e. The predicted molar refractivity (Wildman–Crippen MR) is 119 cm³/mol. The summed E-state index contributed by atoms with van der Waals surface area (Å²) < 4.78 is 59.0. The molecule has 0 aliphatic rings. The van der Waals surface area contributed by atoms with Gasteiger partial charge in [-0.2, -0.15) is 13.2 Å². The Morgan fingerprint density at radius 1 is 0.886 bits per heavy atom. The van der Waals surface area contributed by atoms with E-state index in [1.165, 1.54) is 30.3 Å². The van der Waals surface area contributed by atoms with Gasteiger partial charge in [0.15, 0.2) is 6.61 Å². The molecule has 3 aromatic rings. The van der Waals surface area contributed by atoms with Crippen molar-refractivity contribution in [2.24, 2.45) is 5.73 Å². The van der Waals surface area contributed by atoms with Crippen LogP contribution in [0.5, 0.6) is 5.75 Å². The fraction of sp³-hybridized carbons (Fsp3) is 0.125. The molecule has 182 valence electrons. The molecule has 3 aromatic carbocycles. The first kappa shape index (κ1) is 25.2. The molecule has 0 bridgehead atoms. The second-order valence-corrected chi connectivity index (χ2v) is 7.34. The standard InChI is InChI=1S/C24H19F4N3O4/c25-16-5-3-15(4-6-16)23(34)30-17-7-10-20(19(12-17)24(26,27)28)31-22(33)13-35-18-8-1-14(2-9-18)11-21(29)32/h1-10,12H,11,13H2,(H2,29,32)(H,30,34)(H,31,33). The molecule has 11 heteroatoms. The number of alkyl halides is 3. The molecule has 0 atom stereocenters. The van der Waals surface area contributed by atoms with Crippen LogP contribution in [0.15, 0.2) is 66.7 Å². The minimum Gasteiger partial charge on any atom is -0.484 e. The lowest BCUT2D eigenvalue weighted by Gasteiger charge is -2.16. The number of hydrogen-bond donors (Lipinski definition) is 3. The maximum Gasteiger partial charge on any atom is 0.418 e. The van der Waals surface area contributed by atoms with Gasteiger partial charge in [-0.3, -0.25) is 14.4 Å². The van der Waals surface area contributed by atoms with Crippen LogP contribution in [-0.2, 0) is 22.2 Å². The zero-order chi connectivity index (χ0) is 25.6. The van der Waals surface area contributed by atoms with Crippen molar-refractivity contribution in [3.8, 4) is 5.75 Å². The van der Waals surface area contributed by atoms with E-state index in [0.717, 1.165) is 18.2 Å². The fourth-order valence-electron chi connectivity index (χ4n) is 3.01. The number of primary amides is 1. The number of hydrogen-bond acceptors (Lipinski definition) is 4. The molecule has 0 aliphatic heterocycles. The third kappa shape index (κ3) is 7.29. The number of nitrogens with one attached hydrogen (secondary N) is 2. The van der Waals surface area contributed by atoms with Gasteiger partial charge in [-0.15, -0.1) is 0 Å². The van der Waals surface area contributed by atoms with E-state index in [0.29, 0.717) is 11.6 Å². The van der Waals surface area contributed by atoms with Crippen LogP contribution in [0.3, 0.4) is 0 Å². The van der Waals surface area contributed by atoms with Gasteiger partial charge in [0.25, 0.3) is 11.8 Å². The fourth-order valence-corrected chi connectivity index (χ4v) is 3.01. The average molecular weight is 489 g/mol. The number of halogens is 4. The van der Waals surface area contributed by atoms with Gasteiger partial charge >= 0.3 is 6.18 Å².